The minimum atomic E-state index is -2.73. The van der Waals surface area contributed by atoms with E-state index in [9.17, 15) is 18.0 Å². The molecule has 0 spiro atoms. The zero-order valence-electron chi connectivity index (χ0n) is 15.4. The minimum absolute atomic E-state index is 0.0353. The number of halogens is 3. The number of piperidine rings is 1. The van der Waals surface area contributed by atoms with Crippen LogP contribution in [0.25, 0.3) is 0 Å². The molecule has 2 fully saturated rings. The van der Waals surface area contributed by atoms with Crippen LogP contribution in [0.1, 0.15) is 50.9 Å². The third kappa shape index (κ3) is 3.49. The number of carbonyl (C=O) groups excluding carboxylic acids is 1. The first-order chi connectivity index (χ1) is 11.9. The maximum atomic E-state index is 14.6. The van der Waals surface area contributed by atoms with Gasteiger partial charge in [-0.1, -0.05) is 6.07 Å². The monoisotopic (exact) mass is 369 g/mol. The molecule has 2 aliphatic heterocycles. The van der Waals surface area contributed by atoms with E-state index in [2.05, 4.69) is 0 Å². The van der Waals surface area contributed by atoms with Gasteiger partial charge in [0, 0.05) is 37.0 Å². The van der Waals surface area contributed by atoms with Gasteiger partial charge in [-0.3, -0.25) is 4.79 Å². The van der Waals surface area contributed by atoms with Gasteiger partial charge >= 0.3 is 7.12 Å². The van der Waals surface area contributed by atoms with Gasteiger partial charge in [-0.25, -0.2) is 13.2 Å². The molecule has 1 amide bonds. The summed E-state index contributed by atoms with van der Waals surface area (Å²) in [5, 5.41) is 0. The lowest BCUT2D eigenvalue weighted by atomic mass is 9.78. The molecule has 0 saturated carbocycles. The number of hydrogen-bond acceptors (Lipinski definition) is 3. The van der Waals surface area contributed by atoms with E-state index in [1.807, 2.05) is 27.7 Å². The van der Waals surface area contributed by atoms with Crippen molar-refractivity contribution >= 4 is 18.5 Å². The summed E-state index contributed by atoms with van der Waals surface area (Å²) in [5.41, 5.74) is -0.853. The van der Waals surface area contributed by atoms with Crippen molar-refractivity contribution < 1.29 is 27.3 Å². The Morgan fingerprint density at radius 3 is 2.12 bits per heavy atom. The van der Waals surface area contributed by atoms with Gasteiger partial charge in [0.05, 0.1) is 11.2 Å². The first kappa shape index (κ1) is 19.2. The van der Waals surface area contributed by atoms with Crippen molar-refractivity contribution in [1.82, 2.24) is 4.90 Å². The van der Waals surface area contributed by atoms with Crippen LogP contribution in [-0.4, -0.2) is 48.1 Å². The SMILES string of the molecule is CC1(C)OB(c2ccc(C(=O)N3CCC(F)(F)CC3)cc2F)OC1(C)C. The molecule has 0 bridgehead atoms. The average molecular weight is 369 g/mol. The molecular weight excluding hydrogens is 346 g/mol. The highest BCUT2D eigenvalue weighted by Crippen LogP contribution is 2.36. The summed E-state index contributed by atoms with van der Waals surface area (Å²) in [5.74, 6) is -3.79. The average Bonchev–Trinajstić information content (AvgIpc) is 2.74. The van der Waals surface area contributed by atoms with Gasteiger partial charge in [0.25, 0.3) is 11.8 Å². The molecule has 0 aromatic heterocycles. The van der Waals surface area contributed by atoms with Crippen molar-refractivity contribution in [2.45, 2.75) is 57.7 Å². The van der Waals surface area contributed by atoms with E-state index in [0.717, 1.165) is 6.07 Å². The largest absolute Gasteiger partial charge is 0.497 e. The molecular formula is C18H23BF3NO3. The molecule has 0 aliphatic carbocycles. The second-order valence-corrected chi connectivity index (χ2v) is 7.97. The lowest BCUT2D eigenvalue weighted by Crippen LogP contribution is -2.43. The Morgan fingerprint density at radius 2 is 1.62 bits per heavy atom. The van der Waals surface area contributed by atoms with Gasteiger partial charge in [0.2, 0.25) is 0 Å². The Morgan fingerprint density at radius 1 is 1.08 bits per heavy atom. The van der Waals surface area contributed by atoms with Gasteiger partial charge in [0.1, 0.15) is 5.82 Å². The number of amides is 1. The summed E-state index contributed by atoms with van der Waals surface area (Å²) in [6.07, 6.45) is -0.736. The van der Waals surface area contributed by atoms with Crippen molar-refractivity contribution in [1.29, 1.82) is 0 Å². The summed E-state index contributed by atoms with van der Waals surface area (Å²) < 4.78 is 52.7. The van der Waals surface area contributed by atoms with E-state index in [1.54, 1.807) is 0 Å². The van der Waals surface area contributed by atoms with Crippen molar-refractivity contribution in [2.24, 2.45) is 0 Å². The number of hydrogen-bond donors (Lipinski definition) is 0. The zero-order chi connectivity index (χ0) is 19.3. The summed E-state index contributed by atoms with van der Waals surface area (Å²) in [6, 6.07) is 4.07. The van der Waals surface area contributed by atoms with E-state index >= 15 is 0 Å². The Balaban J connectivity index is 1.75. The van der Waals surface area contributed by atoms with E-state index in [0.29, 0.717) is 0 Å². The van der Waals surface area contributed by atoms with Crippen molar-refractivity contribution in [2.75, 3.05) is 13.1 Å². The lowest BCUT2D eigenvalue weighted by molar-refractivity contribution is -0.0494. The fourth-order valence-corrected chi connectivity index (χ4v) is 3.04. The fourth-order valence-electron chi connectivity index (χ4n) is 3.04. The first-order valence-corrected chi connectivity index (χ1v) is 8.74. The predicted octanol–water partition coefficient (Wildman–Crippen LogP) is 3.00. The Labute approximate surface area is 151 Å². The van der Waals surface area contributed by atoms with Crippen LogP contribution >= 0.6 is 0 Å². The normalized spacial score (nSPS) is 24.0. The highest BCUT2D eigenvalue weighted by Gasteiger charge is 2.52. The smallest absolute Gasteiger partial charge is 0.399 e. The van der Waals surface area contributed by atoms with E-state index in [-0.39, 0.29) is 37.0 Å². The quantitative estimate of drug-likeness (QED) is 0.753. The summed E-state index contributed by atoms with van der Waals surface area (Å²) in [7, 11) is -0.863. The third-order valence-corrected chi connectivity index (χ3v) is 5.54. The molecule has 0 N–H and O–H groups in total. The molecule has 0 atom stereocenters. The zero-order valence-corrected chi connectivity index (χ0v) is 15.4. The molecule has 2 saturated heterocycles. The number of likely N-dealkylation sites (tertiary alicyclic amines) is 1. The fraction of sp³-hybridized carbons (Fsp3) is 0.611. The highest BCUT2D eigenvalue weighted by molar-refractivity contribution is 6.62. The Bertz CT molecular complexity index is 698. The molecule has 2 heterocycles. The second-order valence-electron chi connectivity index (χ2n) is 7.97. The molecule has 0 unspecified atom stereocenters. The molecule has 4 nitrogen and oxygen atoms in total. The predicted molar refractivity (Wildman–Crippen MR) is 92.2 cm³/mol. The third-order valence-electron chi connectivity index (χ3n) is 5.54. The standard InChI is InChI=1S/C18H23BF3NO3/c1-16(2)17(3,4)26-19(25-16)13-6-5-12(11-14(13)20)15(24)23-9-7-18(21,22)8-10-23/h5-6,11H,7-10H2,1-4H3. The number of rotatable bonds is 2. The lowest BCUT2D eigenvalue weighted by Gasteiger charge is -2.32. The van der Waals surface area contributed by atoms with Gasteiger partial charge in [-0.05, 0) is 39.8 Å². The van der Waals surface area contributed by atoms with Crippen molar-refractivity contribution in [3.05, 3.63) is 29.6 Å². The molecule has 1 aromatic carbocycles. The van der Waals surface area contributed by atoms with E-state index in [1.165, 1.54) is 17.0 Å². The maximum Gasteiger partial charge on any atom is 0.497 e. The summed E-state index contributed by atoms with van der Waals surface area (Å²) in [6.45, 7) is 7.41. The molecule has 2 aliphatic rings. The van der Waals surface area contributed by atoms with Crippen molar-refractivity contribution in [3.63, 3.8) is 0 Å². The van der Waals surface area contributed by atoms with Crippen LogP contribution in [0.4, 0.5) is 13.2 Å². The number of benzene rings is 1. The van der Waals surface area contributed by atoms with Gasteiger partial charge in [0.15, 0.2) is 0 Å². The minimum Gasteiger partial charge on any atom is -0.399 e. The number of nitrogens with zero attached hydrogens (tertiary/aromatic N) is 1. The van der Waals surface area contributed by atoms with Gasteiger partial charge in [-0.2, -0.15) is 0 Å². The van der Waals surface area contributed by atoms with Crippen LogP contribution in [0.5, 0.6) is 0 Å². The Kier molecular flexibility index (Phi) is 4.64. The van der Waals surface area contributed by atoms with Crippen LogP contribution < -0.4 is 5.46 Å². The maximum absolute atomic E-state index is 14.6. The molecule has 142 valence electrons. The topological polar surface area (TPSA) is 38.8 Å². The van der Waals surface area contributed by atoms with Crippen LogP contribution in [0.2, 0.25) is 0 Å². The van der Waals surface area contributed by atoms with Crippen LogP contribution in [0, 0.1) is 5.82 Å². The summed E-state index contributed by atoms with van der Waals surface area (Å²) >= 11 is 0. The van der Waals surface area contributed by atoms with Crippen molar-refractivity contribution in [3.8, 4) is 0 Å². The van der Waals surface area contributed by atoms with Crippen LogP contribution in [0.15, 0.2) is 18.2 Å². The first-order valence-electron chi connectivity index (χ1n) is 8.74. The van der Waals surface area contributed by atoms with Gasteiger partial charge in [-0.15, -0.1) is 0 Å². The van der Waals surface area contributed by atoms with Gasteiger partial charge < -0.3 is 14.2 Å². The molecule has 26 heavy (non-hydrogen) atoms. The number of alkyl halides is 2. The molecule has 1 aromatic rings. The van der Waals surface area contributed by atoms with E-state index in [4.69, 9.17) is 9.31 Å². The summed E-state index contributed by atoms with van der Waals surface area (Å²) in [4.78, 5) is 13.8. The molecule has 3 rings (SSSR count). The molecule has 0 radical (unpaired) electrons. The van der Waals surface area contributed by atoms with Crippen LogP contribution in [-0.2, 0) is 9.31 Å². The number of carbonyl (C=O) groups is 1. The van der Waals surface area contributed by atoms with Crippen LogP contribution in [0.3, 0.4) is 0 Å². The highest BCUT2D eigenvalue weighted by atomic mass is 19.3. The second kappa shape index (κ2) is 6.27. The van der Waals surface area contributed by atoms with E-state index < -0.39 is 36.0 Å². The molecule has 8 heteroatoms. The Hall–Kier alpha value is -1.54.